The topological polar surface area (TPSA) is 37.8 Å². The highest BCUT2D eigenvalue weighted by Crippen LogP contribution is 2.38. The number of nitrogens with one attached hydrogen (secondary N) is 1. The number of aryl methyl sites for hydroxylation is 2. The Morgan fingerprint density at radius 1 is 1.29 bits per heavy atom. The Bertz CT molecular complexity index is 444. The molecule has 0 amide bonds. The predicted molar refractivity (Wildman–Crippen MR) is 88.3 cm³/mol. The SMILES string of the molecule is CCCNC(c1cc(C)nnc1CC)C1CCCC(C)C1. The molecule has 118 valence electrons. The lowest BCUT2D eigenvalue weighted by Crippen LogP contribution is -2.33. The van der Waals surface area contributed by atoms with Crippen molar-refractivity contribution in [1.29, 1.82) is 0 Å². The van der Waals surface area contributed by atoms with Crippen LogP contribution in [0.25, 0.3) is 0 Å². The highest BCUT2D eigenvalue weighted by atomic mass is 15.1. The van der Waals surface area contributed by atoms with Crippen LogP contribution in [0.2, 0.25) is 0 Å². The van der Waals surface area contributed by atoms with Gasteiger partial charge in [0.15, 0.2) is 0 Å². The summed E-state index contributed by atoms with van der Waals surface area (Å²) in [7, 11) is 0. The van der Waals surface area contributed by atoms with Crippen LogP contribution in [0.5, 0.6) is 0 Å². The highest BCUT2D eigenvalue weighted by Gasteiger charge is 2.29. The molecule has 3 heteroatoms. The van der Waals surface area contributed by atoms with Gasteiger partial charge in [0.25, 0.3) is 0 Å². The number of hydrogen-bond acceptors (Lipinski definition) is 3. The molecule has 1 aliphatic rings. The summed E-state index contributed by atoms with van der Waals surface area (Å²) in [5.74, 6) is 1.60. The minimum Gasteiger partial charge on any atom is -0.310 e. The fraction of sp³-hybridized carbons (Fsp3) is 0.778. The van der Waals surface area contributed by atoms with Crippen molar-refractivity contribution < 1.29 is 0 Å². The van der Waals surface area contributed by atoms with Crippen LogP contribution in [0.4, 0.5) is 0 Å². The van der Waals surface area contributed by atoms with Gasteiger partial charge in [-0.25, -0.2) is 0 Å². The van der Waals surface area contributed by atoms with Gasteiger partial charge in [-0.15, -0.1) is 0 Å². The molecule has 1 heterocycles. The summed E-state index contributed by atoms with van der Waals surface area (Å²) < 4.78 is 0. The van der Waals surface area contributed by atoms with Crippen LogP contribution in [0, 0.1) is 18.8 Å². The maximum Gasteiger partial charge on any atom is 0.0676 e. The number of nitrogens with zero attached hydrogens (tertiary/aromatic N) is 2. The second-order valence-corrected chi connectivity index (χ2v) is 6.70. The molecule has 1 aromatic heterocycles. The first-order valence-corrected chi connectivity index (χ1v) is 8.72. The van der Waals surface area contributed by atoms with Crippen LogP contribution in [0.1, 0.15) is 75.9 Å². The second-order valence-electron chi connectivity index (χ2n) is 6.70. The van der Waals surface area contributed by atoms with E-state index >= 15 is 0 Å². The Labute approximate surface area is 129 Å². The van der Waals surface area contributed by atoms with Crippen molar-refractivity contribution in [2.24, 2.45) is 11.8 Å². The maximum absolute atomic E-state index is 4.45. The van der Waals surface area contributed by atoms with E-state index in [0.29, 0.717) is 6.04 Å². The van der Waals surface area contributed by atoms with Gasteiger partial charge >= 0.3 is 0 Å². The zero-order valence-electron chi connectivity index (χ0n) is 14.2. The van der Waals surface area contributed by atoms with Crippen molar-refractivity contribution in [3.05, 3.63) is 23.0 Å². The summed E-state index contributed by atoms with van der Waals surface area (Å²) in [5.41, 5.74) is 3.61. The van der Waals surface area contributed by atoms with E-state index < -0.39 is 0 Å². The molecule has 1 aliphatic carbocycles. The molecule has 0 spiro atoms. The molecule has 1 saturated carbocycles. The first kappa shape index (κ1) is 16.4. The monoisotopic (exact) mass is 289 g/mol. The first-order chi connectivity index (χ1) is 10.2. The number of hydrogen-bond donors (Lipinski definition) is 1. The minimum atomic E-state index is 0.455. The highest BCUT2D eigenvalue weighted by molar-refractivity contribution is 5.25. The number of rotatable bonds is 6. The van der Waals surface area contributed by atoms with Crippen LogP contribution in [0.15, 0.2) is 6.07 Å². The lowest BCUT2D eigenvalue weighted by atomic mass is 9.76. The Kier molecular flexibility index (Phi) is 6.16. The fourth-order valence-corrected chi connectivity index (χ4v) is 3.69. The quantitative estimate of drug-likeness (QED) is 0.852. The van der Waals surface area contributed by atoms with E-state index in [9.17, 15) is 0 Å². The first-order valence-electron chi connectivity index (χ1n) is 8.72. The fourth-order valence-electron chi connectivity index (χ4n) is 3.69. The van der Waals surface area contributed by atoms with E-state index in [1.807, 2.05) is 0 Å². The summed E-state index contributed by atoms with van der Waals surface area (Å²) in [6.07, 6.45) is 7.59. The van der Waals surface area contributed by atoms with E-state index in [2.05, 4.69) is 49.3 Å². The molecule has 1 aromatic rings. The minimum absolute atomic E-state index is 0.455. The van der Waals surface area contributed by atoms with E-state index in [-0.39, 0.29) is 0 Å². The smallest absolute Gasteiger partial charge is 0.0676 e. The number of aromatic nitrogens is 2. The van der Waals surface area contributed by atoms with E-state index in [4.69, 9.17) is 0 Å². The maximum atomic E-state index is 4.45. The van der Waals surface area contributed by atoms with Crippen molar-refractivity contribution in [3.8, 4) is 0 Å². The molecule has 0 radical (unpaired) electrons. The molecule has 3 unspecified atom stereocenters. The van der Waals surface area contributed by atoms with Crippen LogP contribution < -0.4 is 5.32 Å². The lowest BCUT2D eigenvalue weighted by molar-refractivity contribution is 0.222. The van der Waals surface area contributed by atoms with E-state index in [1.54, 1.807) is 0 Å². The van der Waals surface area contributed by atoms with Crippen LogP contribution >= 0.6 is 0 Å². The normalized spacial score (nSPS) is 24.0. The third kappa shape index (κ3) is 4.26. The molecule has 1 N–H and O–H groups in total. The Balaban J connectivity index is 2.28. The molecule has 3 atom stereocenters. The van der Waals surface area contributed by atoms with Gasteiger partial charge in [0.1, 0.15) is 0 Å². The second kappa shape index (κ2) is 7.88. The predicted octanol–water partition coefficient (Wildman–Crippen LogP) is 4.21. The van der Waals surface area contributed by atoms with Crippen molar-refractivity contribution in [3.63, 3.8) is 0 Å². The molecule has 0 aliphatic heterocycles. The summed E-state index contributed by atoms with van der Waals surface area (Å²) >= 11 is 0. The van der Waals surface area contributed by atoms with E-state index in [1.165, 1.54) is 43.4 Å². The van der Waals surface area contributed by atoms with Crippen molar-refractivity contribution in [2.75, 3.05) is 6.54 Å². The third-order valence-corrected chi connectivity index (χ3v) is 4.76. The van der Waals surface area contributed by atoms with Crippen molar-refractivity contribution in [1.82, 2.24) is 15.5 Å². The molecule has 3 nitrogen and oxygen atoms in total. The van der Waals surface area contributed by atoms with Gasteiger partial charge in [-0.05, 0) is 62.6 Å². The molecule has 2 rings (SSSR count). The summed E-state index contributed by atoms with van der Waals surface area (Å²) in [6, 6.07) is 2.72. The van der Waals surface area contributed by atoms with Gasteiger partial charge in [-0.3, -0.25) is 0 Å². The lowest BCUT2D eigenvalue weighted by Gasteiger charge is -2.35. The van der Waals surface area contributed by atoms with Crippen molar-refractivity contribution in [2.45, 2.75) is 72.3 Å². The van der Waals surface area contributed by atoms with Crippen LogP contribution in [-0.4, -0.2) is 16.7 Å². The zero-order chi connectivity index (χ0) is 15.2. The van der Waals surface area contributed by atoms with Gasteiger partial charge in [-0.1, -0.05) is 33.6 Å². The average molecular weight is 289 g/mol. The summed E-state index contributed by atoms with van der Waals surface area (Å²) in [4.78, 5) is 0. The van der Waals surface area contributed by atoms with Gasteiger partial charge in [-0.2, -0.15) is 10.2 Å². The standard InChI is InChI=1S/C18H31N3/c1-5-10-19-18(15-9-7-8-13(3)11-15)16-12-14(4)20-21-17(16)6-2/h12-13,15,18-19H,5-11H2,1-4H3. The Hall–Kier alpha value is -0.960. The Morgan fingerprint density at radius 2 is 2.10 bits per heavy atom. The summed E-state index contributed by atoms with van der Waals surface area (Å²) in [6.45, 7) is 9.96. The zero-order valence-corrected chi connectivity index (χ0v) is 14.2. The van der Waals surface area contributed by atoms with Gasteiger partial charge in [0, 0.05) is 6.04 Å². The Morgan fingerprint density at radius 3 is 2.76 bits per heavy atom. The molecule has 1 fully saturated rings. The largest absolute Gasteiger partial charge is 0.310 e. The molecule has 0 bridgehead atoms. The average Bonchev–Trinajstić information content (AvgIpc) is 2.48. The molecule has 0 saturated heterocycles. The van der Waals surface area contributed by atoms with Crippen molar-refractivity contribution >= 4 is 0 Å². The van der Waals surface area contributed by atoms with Gasteiger partial charge < -0.3 is 5.32 Å². The molecular formula is C18H31N3. The van der Waals surface area contributed by atoms with Crippen LogP contribution in [0.3, 0.4) is 0 Å². The van der Waals surface area contributed by atoms with Gasteiger partial charge in [0.05, 0.1) is 11.4 Å². The summed E-state index contributed by atoms with van der Waals surface area (Å²) in [5, 5.41) is 12.5. The molecular weight excluding hydrogens is 258 g/mol. The van der Waals surface area contributed by atoms with Gasteiger partial charge in [0.2, 0.25) is 0 Å². The molecule has 21 heavy (non-hydrogen) atoms. The van der Waals surface area contributed by atoms with E-state index in [0.717, 1.165) is 30.5 Å². The van der Waals surface area contributed by atoms with Crippen LogP contribution in [-0.2, 0) is 6.42 Å². The third-order valence-electron chi connectivity index (χ3n) is 4.76. The molecule has 0 aromatic carbocycles.